The van der Waals surface area contributed by atoms with E-state index in [9.17, 15) is 0 Å². The molecule has 6 heteroatoms. The maximum absolute atomic E-state index is 5.49. The molecule has 1 aromatic carbocycles. The van der Waals surface area contributed by atoms with Crippen molar-refractivity contribution in [3.63, 3.8) is 0 Å². The number of halogens is 3. The van der Waals surface area contributed by atoms with Crippen LogP contribution >= 0.6 is 11.6 Å². The van der Waals surface area contributed by atoms with Gasteiger partial charge in [-0.3, -0.25) is 0 Å². The molecule has 1 aromatic heterocycles. The summed E-state index contributed by atoms with van der Waals surface area (Å²) in [5, 5.41) is 0.610. The Balaban J connectivity index is -0.000000274. The standard InChI is InChI=1S/C10H14.C5H5ClN2.2ClH.Ru/c1-8(2)10-6-4-9(3)5-7-10;6-4-1-2-5(7)8-3-4;;;/h4-8H,1-3H3;1-3H,(H2,7,8);2*1H;/q;;;;+2/p-2. The van der Waals surface area contributed by atoms with Crippen molar-refractivity contribution in [1.29, 1.82) is 0 Å². The van der Waals surface area contributed by atoms with Gasteiger partial charge < -0.3 is 30.5 Å². The second-order valence-electron chi connectivity index (χ2n) is 4.47. The van der Waals surface area contributed by atoms with Crippen LogP contribution in [0.5, 0.6) is 0 Å². The summed E-state index contributed by atoms with van der Waals surface area (Å²) >= 11 is 5.49. The van der Waals surface area contributed by atoms with E-state index in [1.807, 2.05) is 0 Å². The number of anilines is 1. The van der Waals surface area contributed by atoms with Crippen LogP contribution in [0.25, 0.3) is 0 Å². The van der Waals surface area contributed by atoms with Crippen LogP contribution in [0.4, 0.5) is 5.82 Å². The normalized spacial score (nSPS) is 8.43. The van der Waals surface area contributed by atoms with Crippen LogP contribution in [0.3, 0.4) is 0 Å². The van der Waals surface area contributed by atoms with Gasteiger partial charge in [0.15, 0.2) is 0 Å². The van der Waals surface area contributed by atoms with E-state index in [1.165, 1.54) is 17.3 Å². The number of nitrogen functional groups attached to an aromatic ring is 1. The van der Waals surface area contributed by atoms with Crippen LogP contribution in [-0.2, 0) is 19.5 Å². The Kier molecular flexibility index (Phi) is 16.3. The molecule has 0 aliphatic heterocycles. The Morgan fingerprint density at radius 3 is 1.86 bits per heavy atom. The van der Waals surface area contributed by atoms with E-state index in [4.69, 9.17) is 17.3 Å². The molecule has 1 heterocycles. The zero-order valence-electron chi connectivity index (χ0n) is 12.1. The fourth-order valence-electron chi connectivity index (χ4n) is 1.34. The first-order chi connectivity index (χ1) is 8.49. The maximum Gasteiger partial charge on any atom is 2.00 e. The predicted molar refractivity (Wildman–Crippen MR) is 78.9 cm³/mol. The first-order valence-electron chi connectivity index (χ1n) is 5.92. The zero-order valence-corrected chi connectivity index (χ0v) is 16.1. The number of aryl methyl sites for hydroxylation is 1. The first kappa shape index (κ1) is 25.6. The quantitative estimate of drug-likeness (QED) is 0.552. The molecule has 2 aromatic rings. The molecule has 0 saturated carbocycles. The third kappa shape index (κ3) is 11.0. The zero-order chi connectivity index (χ0) is 13.5. The molecular weight excluding hydrogens is 416 g/mol. The summed E-state index contributed by atoms with van der Waals surface area (Å²) in [6.07, 6.45) is 1.51. The Morgan fingerprint density at radius 2 is 1.52 bits per heavy atom. The molecule has 2 N–H and O–H groups in total. The Hall–Kier alpha value is -0.337. The maximum atomic E-state index is 5.49. The molecule has 0 radical (unpaired) electrons. The largest absolute Gasteiger partial charge is 2.00 e. The van der Waals surface area contributed by atoms with Crippen LogP contribution in [0, 0.1) is 6.92 Å². The predicted octanol–water partition coefficient (Wildman–Crippen LogP) is -1.56. The van der Waals surface area contributed by atoms with Crippen molar-refractivity contribution in [3.8, 4) is 0 Å². The fraction of sp³-hybridized carbons (Fsp3) is 0.267. The van der Waals surface area contributed by atoms with E-state index in [1.54, 1.807) is 12.1 Å². The molecule has 118 valence electrons. The smallest absolute Gasteiger partial charge is 1.00 e. The van der Waals surface area contributed by atoms with Gasteiger partial charge in [-0.05, 0) is 30.5 Å². The van der Waals surface area contributed by atoms with Gasteiger partial charge in [-0.25, -0.2) is 4.98 Å². The summed E-state index contributed by atoms with van der Waals surface area (Å²) < 4.78 is 0. The minimum absolute atomic E-state index is 0. The van der Waals surface area contributed by atoms with Gasteiger partial charge in [0.2, 0.25) is 0 Å². The van der Waals surface area contributed by atoms with Gasteiger partial charge in [-0.1, -0.05) is 55.3 Å². The Morgan fingerprint density at radius 1 is 1.00 bits per heavy atom. The van der Waals surface area contributed by atoms with Crippen molar-refractivity contribution in [1.82, 2.24) is 4.98 Å². The molecule has 0 atom stereocenters. The van der Waals surface area contributed by atoms with Crippen LogP contribution in [0.15, 0.2) is 42.6 Å². The molecule has 0 unspecified atom stereocenters. The van der Waals surface area contributed by atoms with Gasteiger partial charge in [-0.15, -0.1) is 0 Å². The molecule has 0 aliphatic rings. The van der Waals surface area contributed by atoms with Crippen molar-refractivity contribution in [2.45, 2.75) is 26.7 Å². The molecule has 0 aliphatic carbocycles. The third-order valence-electron chi connectivity index (χ3n) is 2.49. The van der Waals surface area contributed by atoms with Crippen molar-refractivity contribution in [3.05, 3.63) is 58.7 Å². The van der Waals surface area contributed by atoms with Gasteiger partial charge in [0, 0.05) is 6.20 Å². The Labute approximate surface area is 157 Å². The van der Waals surface area contributed by atoms with E-state index >= 15 is 0 Å². The molecule has 0 bridgehead atoms. The van der Waals surface area contributed by atoms with Crippen LogP contribution in [0.2, 0.25) is 5.02 Å². The van der Waals surface area contributed by atoms with Crippen molar-refractivity contribution in [2.24, 2.45) is 0 Å². The van der Waals surface area contributed by atoms with Crippen molar-refractivity contribution < 1.29 is 44.3 Å². The monoisotopic (exact) mass is 434 g/mol. The van der Waals surface area contributed by atoms with E-state index < -0.39 is 0 Å². The topological polar surface area (TPSA) is 38.9 Å². The summed E-state index contributed by atoms with van der Waals surface area (Å²) in [6, 6.07) is 12.1. The summed E-state index contributed by atoms with van der Waals surface area (Å²) in [4.78, 5) is 3.72. The van der Waals surface area contributed by atoms with Crippen molar-refractivity contribution in [2.75, 3.05) is 5.73 Å². The number of hydrogen-bond acceptors (Lipinski definition) is 2. The second-order valence-corrected chi connectivity index (χ2v) is 4.90. The summed E-state index contributed by atoms with van der Waals surface area (Å²) in [5.74, 6) is 1.15. The van der Waals surface area contributed by atoms with E-state index in [2.05, 4.69) is 50.0 Å². The molecular formula is C15H19Cl3N2Ru. The second kappa shape index (κ2) is 13.3. The number of nitrogens with zero attached hydrogens (tertiary/aromatic N) is 1. The van der Waals surface area contributed by atoms with E-state index in [0.29, 0.717) is 16.8 Å². The summed E-state index contributed by atoms with van der Waals surface area (Å²) in [7, 11) is 0. The summed E-state index contributed by atoms with van der Waals surface area (Å²) in [5.41, 5.74) is 8.02. The number of pyridine rings is 1. The van der Waals surface area contributed by atoms with Gasteiger partial charge in [0.05, 0.1) is 5.02 Å². The van der Waals surface area contributed by atoms with E-state index in [0.717, 1.165) is 0 Å². The number of nitrogens with two attached hydrogens (primary N) is 1. The molecule has 0 saturated heterocycles. The molecule has 2 rings (SSSR count). The molecule has 0 spiro atoms. The SMILES string of the molecule is Cc1ccc(C(C)C)cc1.Nc1ccc(Cl)cn1.[Cl-].[Cl-].[Ru+2]. The first-order valence-corrected chi connectivity index (χ1v) is 6.30. The third-order valence-corrected chi connectivity index (χ3v) is 2.72. The van der Waals surface area contributed by atoms with Crippen LogP contribution in [0.1, 0.15) is 30.9 Å². The minimum atomic E-state index is 0. The number of hydrogen-bond donors (Lipinski definition) is 1. The van der Waals surface area contributed by atoms with Gasteiger partial charge >= 0.3 is 19.5 Å². The average molecular weight is 435 g/mol. The van der Waals surface area contributed by atoms with Crippen LogP contribution in [-0.4, -0.2) is 4.98 Å². The van der Waals surface area contributed by atoms with Crippen molar-refractivity contribution >= 4 is 17.4 Å². The molecule has 21 heavy (non-hydrogen) atoms. The summed E-state index contributed by atoms with van der Waals surface area (Å²) in [6.45, 7) is 6.54. The number of aromatic nitrogens is 1. The van der Waals surface area contributed by atoms with E-state index in [-0.39, 0.29) is 44.3 Å². The average Bonchev–Trinajstić information content (AvgIpc) is 2.34. The number of rotatable bonds is 1. The number of benzene rings is 1. The molecule has 0 amide bonds. The molecule has 0 fully saturated rings. The van der Waals surface area contributed by atoms with Crippen LogP contribution < -0.4 is 30.5 Å². The van der Waals surface area contributed by atoms with Gasteiger partial charge in [-0.2, -0.15) is 0 Å². The van der Waals surface area contributed by atoms with Gasteiger partial charge in [0.1, 0.15) is 5.82 Å². The van der Waals surface area contributed by atoms with Gasteiger partial charge in [0.25, 0.3) is 0 Å². The minimum Gasteiger partial charge on any atom is -1.00 e. The fourth-order valence-corrected chi connectivity index (χ4v) is 1.45. The molecule has 2 nitrogen and oxygen atoms in total. The Bertz CT molecular complexity index is 452.